The number of hydrogen-bond acceptors (Lipinski definition) is 3. The molecular formula is C13H14FNOS. The normalized spacial score (nSPS) is 11.1. The van der Waals surface area contributed by atoms with E-state index in [1.807, 2.05) is 0 Å². The molecule has 0 unspecified atom stereocenters. The first kappa shape index (κ1) is 12.0. The van der Waals surface area contributed by atoms with Gasteiger partial charge in [0.1, 0.15) is 11.6 Å². The number of hydrogen-bond donors (Lipinski definition) is 1. The zero-order chi connectivity index (χ0) is 12.6. The Balaban J connectivity index is 2.49. The number of aryl methyl sites for hydroxylation is 1. The summed E-state index contributed by atoms with van der Waals surface area (Å²) < 4.78 is 13.7. The SMILES string of the molecule is Cc1cc(-c2cnc(C(C)C)s2)c(F)cc1O. The van der Waals surface area contributed by atoms with E-state index in [2.05, 4.69) is 18.8 Å². The minimum absolute atomic E-state index is 0.0140. The Bertz CT molecular complexity index is 548. The van der Waals surface area contributed by atoms with Crippen molar-refractivity contribution in [2.24, 2.45) is 0 Å². The maximum Gasteiger partial charge on any atom is 0.135 e. The molecular weight excluding hydrogens is 237 g/mol. The molecule has 0 radical (unpaired) electrons. The molecule has 90 valence electrons. The van der Waals surface area contributed by atoms with Gasteiger partial charge in [0.05, 0.1) is 9.88 Å². The standard InChI is InChI=1S/C13H14FNOS/c1-7(2)13-15-6-12(17-13)9-4-8(3)11(16)5-10(9)14/h4-7,16H,1-3H3. The van der Waals surface area contributed by atoms with Crippen LogP contribution < -0.4 is 0 Å². The number of thiazole rings is 1. The molecule has 4 heteroatoms. The van der Waals surface area contributed by atoms with Gasteiger partial charge in [0.25, 0.3) is 0 Å². The second kappa shape index (κ2) is 4.45. The van der Waals surface area contributed by atoms with E-state index >= 15 is 0 Å². The first-order valence-electron chi connectivity index (χ1n) is 5.44. The maximum absolute atomic E-state index is 13.7. The molecule has 2 nitrogen and oxygen atoms in total. The van der Waals surface area contributed by atoms with Crippen LogP contribution in [0.5, 0.6) is 5.75 Å². The zero-order valence-electron chi connectivity index (χ0n) is 9.99. The Morgan fingerprint density at radius 2 is 2.06 bits per heavy atom. The van der Waals surface area contributed by atoms with E-state index in [1.54, 1.807) is 19.2 Å². The molecule has 0 aliphatic rings. The maximum atomic E-state index is 13.7. The third-order valence-corrected chi connectivity index (χ3v) is 3.90. The third kappa shape index (κ3) is 2.31. The lowest BCUT2D eigenvalue weighted by Crippen LogP contribution is -1.84. The van der Waals surface area contributed by atoms with Crippen molar-refractivity contribution in [3.63, 3.8) is 0 Å². The van der Waals surface area contributed by atoms with Crippen molar-refractivity contribution in [1.29, 1.82) is 0 Å². The molecule has 0 fully saturated rings. The summed E-state index contributed by atoms with van der Waals surface area (Å²) in [6.45, 7) is 5.87. The van der Waals surface area contributed by atoms with Crippen LogP contribution in [0.4, 0.5) is 4.39 Å². The zero-order valence-corrected chi connectivity index (χ0v) is 10.8. The molecule has 1 aromatic carbocycles. The van der Waals surface area contributed by atoms with E-state index in [1.165, 1.54) is 11.3 Å². The highest BCUT2D eigenvalue weighted by Crippen LogP contribution is 2.34. The molecule has 0 amide bonds. The summed E-state index contributed by atoms with van der Waals surface area (Å²) in [6, 6.07) is 2.81. The van der Waals surface area contributed by atoms with Crippen LogP contribution in [-0.4, -0.2) is 10.1 Å². The first-order valence-corrected chi connectivity index (χ1v) is 6.26. The molecule has 0 spiro atoms. The number of phenolic OH excluding ortho intramolecular Hbond substituents is 1. The lowest BCUT2D eigenvalue weighted by atomic mass is 10.1. The quantitative estimate of drug-likeness (QED) is 0.872. The monoisotopic (exact) mass is 251 g/mol. The van der Waals surface area contributed by atoms with Crippen molar-refractivity contribution in [3.8, 4) is 16.2 Å². The van der Waals surface area contributed by atoms with Gasteiger partial charge < -0.3 is 5.11 Å². The van der Waals surface area contributed by atoms with Gasteiger partial charge in [-0.05, 0) is 18.6 Å². The Morgan fingerprint density at radius 1 is 1.35 bits per heavy atom. The molecule has 1 heterocycles. The highest BCUT2D eigenvalue weighted by atomic mass is 32.1. The average Bonchev–Trinajstić information content (AvgIpc) is 2.72. The third-order valence-electron chi connectivity index (χ3n) is 2.57. The summed E-state index contributed by atoms with van der Waals surface area (Å²) in [5, 5.41) is 10.4. The van der Waals surface area contributed by atoms with Crippen molar-refractivity contribution in [3.05, 3.63) is 34.7 Å². The lowest BCUT2D eigenvalue weighted by molar-refractivity contribution is 0.465. The molecule has 1 N–H and O–H groups in total. The van der Waals surface area contributed by atoms with Crippen molar-refractivity contribution in [2.45, 2.75) is 26.7 Å². The van der Waals surface area contributed by atoms with Crippen LogP contribution in [0.2, 0.25) is 0 Å². The fourth-order valence-electron chi connectivity index (χ4n) is 1.54. The van der Waals surface area contributed by atoms with Crippen molar-refractivity contribution in [2.75, 3.05) is 0 Å². The Morgan fingerprint density at radius 3 is 2.65 bits per heavy atom. The summed E-state index contributed by atoms with van der Waals surface area (Å²) in [6.07, 6.45) is 1.69. The van der Waals surface area contributed by atoms with Gasteiger partial charge in [-0.15, -0.1) is 11.3 Å². The van der Waals surface area contributed by atoms with Crippen LogP contribution >= 0.6 is 11.3 Å². The number of aromatic nitrogens is 1. The minimum atomic E-state index is -0.410. The van der Waals surface area contributed by atoms with Crippen LogP contribution in [0, 0.1) is 12.7 Å². The van der Waals surface area contributed by atoms with Crippen LogP contribution in [0.1, 0.15) is 30.3 Å². The van der Waals surface area contributed by atoms with Crippen LogP contribution in [0.25, 0.3) is 10.4 Å². The van der Waals surface area contributed by atoms with E-state index in [9.17, 15) is 9.50 Å². The summed E-state index contributed by atoms with van der Waals surface area (Å²) >= 11 is 1.49. The van der Waals surface area contributed by atoms with Gasteiger partial charge in [-0.3, -0.25) is 0 Å². The molecule has 17 heavy (non-hydrogen) atoms. The van der Waals surface area contributed by atoms with Crippen LogP contribution in [0.15, 0.2) is 18.3 Å². The predicted molar refractivity (Wildman–Crippen MR) is 68.0 cm³/mol. The second-order valence-corrected chi connectivity index (χ2v) is 5.40. The molecule has 0 aliphatic carbocycles. The fourth-order valence-corrected chi connectivity index (χ4v) is 2.48. The largest absolute Gasteiger partial charge is 0.508 e. The fraction of sp³-hybridized carbons (Fsp3) is 0.308. The Kier molecular flexibility index (Phi) is 3.15. The lowest BCUT2D eigenvalue weighted by Gasteiger charge is -2.04. The van der Waals surface area contributed by atoms with E-state index < -0.39 is 5.82 Å². The van der Waals surface area contributed by atoms with Gasteiger partial charge in [-0.2, -0.15) is 0 Å². The number of nitrogens with zero attached hydrogens (tertiary/aromatic N) is 1. The molecule has 2 aromatic rings. The van der Waals surface area contributed by atoms with E-state index in [0.717, 1.165) is 16.0 Å². The molecule has 2 rings (SSSR count). The highest BCUT2D eigenvalue weighted by Gasteiger charge is 2.13. The number of halogens is 1. The van der Waals surface area contributed by atoms with Crippen LogP contribution in [0.3, 0.4) is 0 Å². The van der Waals surface area contributed by atoms with E-state index in [0.29, 0.717) is 17.0 Å². The molecule has 0 saturated carbocycles. The Labute approximate surface area is 104 Å². The minimum Gasteiger partial charge on any atom is -0.508 e. The summed E-state index contributed by atoms with van der Waals surface area (Å²) in [7, 11) is 0. The topological polar surface area (TPSA) is 33.1 Å². The summed E-state index contributed by atoms with van der Waals surface area (Å²) in [4.78, 5) is 5.07. The Hall–Kier alpha value is -1.42. The van der Waals surface area contributed by atoms with Gasteiger partial charge in [0.15, 0.2) is 0 Å². The molecule has 0 aliphatic heterocycles. The molecule has 0 saturated heterocycles. The van der Waals surface area contributed by atoms with Gasteiger partial charge in [-0.25, -0.2) is 9.37 Å². The average molecular weight is 251 g/mol. The van der Waals surface area contributed by atoms with Gasteiger partial charge in [0.2, 0.25) is 0 Å². The van der Waals surface area contributed by atoms with E-state index in [-0.39, 0.29) is 5.75 Å². The smallest absolute Gasteiger partial charge is 0.135 e. The van der Waals surface area contributed by atoms with Crippen LogP contribution in [-0.2, 0) is 0 Å². The van der Waals surface area contributed by atoms with Gasteiger partial charge in [-0.1, -0.05) is 13.8 Å². The summed E-state index contributed by atoms with van der Waals surface area (Å²) in [5.74, 6) is -0.0815. The highest BCUT2D eigenvalue weighted by molar-refractivity contribution is 7.15. The first-order chi connectivity index (χ1) is 7.99. The number of aromatic hydroxyl groups is 1. The molecule has 0 atom stereocenters. The van der Waals surface area contributed by atoms with Crippen molar-refractivity contribution in [1.82, 2.24) is 4.98 Å². The summed E-state index contributed by atoms with van der Waals surface area (Å²) in [5.41, 5.74) is 1.17. The van der Waals surface area contributed by atoms with E-state index in [4.69, 9.17) is 0 Å². The van der Waals surface area contributed by atoms with Crippen molar-refractivity contribution < 1.29 is 9.50 Å². The number of phenols is 1. The van der Waals surface area contributed by atoms with Crippen molar-refractivity contribution >= 4 is 11.3 Å². The second-order valence-electron chi connectivity index (χ2n) is 4.34. The number of benzene rings is 1. The molecule has 1 aromatic heterocycles. The van der Waals surface area contributed by atoms with Gasteiger partial charge in [0, 0.05) is 23.7 Å². The number of rotatable bonds is 2. The molecule has 0 bridgehead atoms. The predicted octanol–water partition coefficient (Wildman–Crippen LogP) is 4.09. The van der Waals surface area contributed by atoms with Gasteiger partial charge >= 0.3 is 0 Å².